The molecule has 1 rings (SSSR count). The quantitative estimate of drug-likeness (QED) is 0.730. The summed E-state index contributed by atoms with van der Waals surface area (Å²) in [4.78, 5) is 26.8. The number of carboxylic acids is 1. The van der Waals surface area contributed by atoms with E-state index < -0.39 is 17.4 Å². The average Bonchev–Trinajstić information content (AvgIpc) is 2.36. The number of aliphatic carboxylic acids is 1. The van der Waals surface area contributed by atoms with E-state index in [1.54, 1.807) is 13.8 Å². The Morgan fingerprint density at radius 1 is 1.39 bits per heavy atom. The van der Waals surface area contributed by atoms with Gasteiger partial charge < -0.3 is 15.5 Å². The highest BCUT2D eigenvalue weighted by Crippen LogP contribution is 2.19. The van der Waals surface area contributed by atoms with Crippen molar-refractivity contribution in [2.75, 3.05) is 0 Å². The van der Waals surface area contributed by atoms with Gasteiger partial charge in [-0.05, 0) is 18.9 Å². The molecule has 98 valence electrons. The lowest BCUT2D eigenvalue weighted by atomic mass is 9.92. The number of rotatable bonds is 5. The predicted molar refractivity (Wildman–Crippen MR) is 64.3 cm³/mol. The molecule has 0 aliphatic carbocycles. The van der Waals surface area contributed by atoms with E-state index >= 15 is 0 Å². The Kier molecular flexibility index (Phi) is 4.25. The maximum absolute atomic E-state index is 11.9. The largest absolute Gasteiger partial charge is 0.505 e. The van der Waals surface area contributed by atoms with Crippen molar-refractivity contribution in [3.8, 4) is 5.75 Å². The van der Waals surface area contributed by atoms with E-state index in [9.17, 15) is 19.8 Å². The molecule has 0 bridgehead atoms. The number of aromatic nitrogens is 1. The van der Waals surface area contributed by atoms with Gasteiger partial charge in [-0.2, -0.15) is 0 Å². The number of carbonyl (C=O) groups excluding carboxylic acids is 1. The molecule has 0 unspecified atom stereocenters. The number of nitrogens with one attached hydrogen (secondary N) is 1. The van der Waals surface area contributed by atoms with Crippen LogP contribution in [-0.2, 0) is 4.79 Å². The van der Waals surface area contributed by atoms with E-state index in [-0.39, 0.29) is 24.2 Å². The van der Waals surface area contributed by atoms with Gasteiger partial charge in [-0.3, -0.25) is 9.78 Å². The van der Waals surface area contributed by atoms with E-state index in [0.717, 1.165) is 6.20 Å². The fourth-order valence-corrected chi connectivity index (χ4v) is 1.65. The summed E-state index contributed by atoms with van der Waals surface area (Å²) in [5, 5.41) is 21.2. The number of nitrogens with zero attached hydrogens (tertiary/aromatic N) is 1. The van der Waals surface area contributed by atoms with Crippen LogP contribution < -0.4 is 5.32 Å². The van der Waals surface area contributed by atoms with Crippen molar-refractivity contribution in [3.63, 3.8) is 0 Å². The highest BCUT2D eigenvalue weighted by Gasteiger charge is 2.36. The molecule has 1 heterocycles. The molecule has 0 spiro atoms. The summed E-state index contributed by atoms with van der Waals surface area (Å²) in [6.45, 7) is 3.37. The van der Waals surface area contributed by atoms with Gasteiger partial charge in [0.25, 0.3) is 5.91 Å². The van der Waals surface area contributed by atoms with Crippen molar-refractivity contribution in [3.05, 3.63) is 24.0 Å². The molecule has 0 saturated heterocycles. The normalized spacial score (nSPS) is 11.0. The Morgan fingerprint density at radius 2 is 2.00 bits per heavy atom. The van der Waals surface area contributed by atoms with Gasteiger partial charge in [-0.15, -0.1) is 0 Å². The van der Waals surface area contributed by atoms with Crippen molar-refractivity contribution in [1.29, 1.82) is 0 Å². The molecule has 6 heteroatoms. The summed E-state index contributed by atoms with van der Waals surface area (Å²) >= 11 is 0. The molecule has 0 saturated carbocycles. The Labute approximate surface area is 105 Å². The minimum Gasteiger partial charge on any atom is -0.505 e. The van der Waals surface area contributed by atoms with Gasteiger partial charge in [0.05, 0.1) is 11.8 Å². The first kappa shape index (κ1) is 14.0. The first-order chi connectivity index (χ1) is 8.46. The summed E-state index contributed by atoms with van der Waals surface area (Å²) in [5.41, 5.74) is -1.30. The van der Waals surface area contributed by atoms with Crippen LogP contribution in [-0.4, -0.2) is 32.6 Å². The Bertz CT molecular complexity index is 455. The van der Waals surface area contributed by atoms with E-state index in [0.29, 0.717) is 0 Å². The second kappa shape index (κ2) is 5.48. The monoisotopic (exact) mass is 252 g/mol. The summed E-state index contributed by atoms with van der Waals surface area (Å²) in [6.07, 6.45) is 3.01. The number of carboxylic acid groups (broad SMARTS) is 1. The SMILES string of the molecule is CCC(CC)(NC(=O)c1ccncc1O)C(=O)O. The summed E-state index contributed by atoms with van der Waals surface area (Å²) in [7, 11) is 0. The average molecular weight is 252 g/mol. The maximum Gasteiger partial charge on any atom is 0.329 e. The van der Waals surface area contributed by atoms with Gasteiger partial charge >= 0.3 is 5.97 Å². The van der Waals surface area contributed by atoms with E-state index in [1.165, 1.54) is 12.3 Å². The van der Waals surface area contributed by atoms with Crippen LogP contribution in [0.5, 0.6) is 5.75 Å². The third-order valence-corrected chi connectivity index (χ3v) is 3.01. The molecular weight excluding hydrogens is 236 g/mol. The predicted octanol–water partition coefficient (Wildman–Crippen LogP) is 1.16. The molecule has 0 atom stereocenters. The van der Waals surface area contributed by atoms with Crippen molar-refractivity contribution >= 4 is 11.9 Å². The summed E-state index contributed by atoms with van der Waals surface area (Å²) in [6, 6.07) is 1.34. The standard InChI is InChI=1S/C12H16N2O4/c1-3-12(4-2,11(17)18)14-10(16)8-5-6-13-7-9(8)15/h5-7,15H,3-4H2,1-2H3,(H,14,16)(H,17,18). The molecule has 1 amide bonds. The van der Waals surface area contributed by atoms with Crippen LogP contribution in [0, 0.1) is 0 Å². The number of carbonyl (C=O) groups is 2. The molecule has 1 aromatic heterocycles. The van der Waals surface area contributed by atoms with Crippen molar-refractivity contribution < 1.29 is 19.8 Å². The molecule has 0 aromatic carbocycles. The zero-order chi connectivity index (χ0) is 13.8. The van der Waals surface area contributed by atoms with Gasteiger partial charge in [0.15, 0.2) is 0 Å². The Hall–Kier alpha value is -2.11. The van der Waals surface area contributed by atoms with Crippen LogP contribution >= 0.6 is 0 Å². The van der Waals surface area contributed by atoms with Gasteiger partial charge in [-0.1, -0.05) is 13.8 Å². The van der Waals surface area contributed by atoms with Crippen LogP contribution in [0.1, 0.15) is 37.0 Å². The Balaban J connectivity index is 3.00. The fourth-order valence-electron chi connectivity index (χ4n) is 1.65. The molecule has 18 heavy (non-hydrogen) atoms. The molecule has 1 aromatic rings. The number of hydrogen-bond donors (Lipinski definition) is 3. The van der Waals surface area contributed by atoms with E-state index in [1.807, 2.05) is 0 Å². The second-order valence-corrected chi connectivity index (χ2v) is 3.94. The van der Waals surface area contributed by atoms with Gasteiger partial charge in [0.1, 0.15) is 11.3 Å². The second-order valence-electron chi connectivity index (χ2n) is 3.94. The summed E-state index contributed by atoms with van der Waals surface area (Å²) < 4.78 is 0. The molecule has 0 aliphatic heterocycles. The third kappa shape index (κ3) is 2.58. The van der Waals surface area contributed by atoms with Gasteiger partial charge in [0, 0.05) is 6.20 Å². The molecule has 0 radical (unpaired) electrons. The smallest absolute Gasteiger partial charge is 0.329 e. The lowest BCUT2D eigenvalue weighted by Gasteiger charge is -2.28. The maximum atomic E-state index is 11.9. The molecule has 0 fully saturated rings. The first-order valence-electron chi connectivity index (χ1n) is 5.65. The molecular formula is C12H16N2O4. The molecule has 0 aliphatic rings. The minimum absolute atomic E-state index is 0.0116. The zero-order valence-electron chi connectivity index (χ0n) is 10.3. The van der Waals surface area contributed by atoms with E-state index in [4.69, 9.17) is 0 Å². The first-order valence-corrected chi connectivity index (χ1v) is 5.65. The van der Waals surface area contributed by atoms with Gasteiger partial charge in [-0.25, -0.2) is 4.79 Å². The highest BCUT2D eigenvalue weighted by atomic mass is 16.4. The van der Waals surface area contributed by atoms with Crippen LogP contribution in [0.3, 0.4) is 0 Å². The minimum atomic E-state index is -1.31. The van der Waals surface area contributed by atoms with Crippen LogP contribution in [0.15, 0.2) is 18.5 Å². The lowest BCUT2D eigenvalue weighted by Crippen LogP contribution is -2.53. The van der Waals surface area contributed by atoms with Crippen molar-refractivity contribution in [2.24, 2.45) is 0 Å². The lowest BCUT2D eigenvalue weighted by molar-refractivity contribution is -0.144. The Morgan fingerprint density at radius 3 is 2.44 bits per heavy atom. The van der Waals surface area contributed by atoms with Gasteiger partial charge in [0.2, 0.25) is 0 Å². The third-order valence-electron chi connectivity index (χ3n) is 3.01. The number of aromatic hydroxyl groups is 1. The van der Waals surface area contributed by atoms with Crippen molar-refractivity contribution in [1.82, 2.24) is 10.3 Å². The zero-order valence-corrected chi connectivity index (χ0v) is 10.3. The van der Waals surface area contributed by atoms with Crippen molar-refractivity contribution in [2.45, 2.75) is 32.2 Å². The van der Waals surface area contributed by atoms with E-state index in [2.05, 4.69) is 10.3 Å². The number of pyridine rings is 1. The van der Waals surface area contributed by atoms with Crippen LogP contribution in [0.4, 0.5) is 0 Å². The topological polar surface area (TPSA) is 99.5 Å². The van der Waals surface area contributed by atoms with Crippen LogP contribution in [0.25, 0.3) is 0 Å². The fraction of sp³-hybridized carbons (Fsp3) is 0.417. The number of hydrogen-bond acceptors (Lipinski definition) is 4. The molecule has 6 nitrogen and oxygen atoms in total. The van der Waals surface area contributed by atoms with Crippen LogP contribution in [0.2, 0.25) is 0 Å². The summed E-state index contributed by atoms with van der Waals surface area (Å²) in [5.74, 6) is -1.99. The highest BCUT2D eigenvalue weighted by molar-refractivity contribution is 5.99. The number of amides is 1. The molecule has 3 N–H and O–H groups in total.